The van der Waals surface area contributed by atoms with Gasteiger partial charge in [-0.05, 0) is 31.2 Å². The molecule has 0 aliphatic carbocycles. The molecule has 0 unspecified atom stereocenters. The van der Waals surface area contributed by atoms with E-state index in [9.17, 15) is 4.39 Å². The number of halogens is 2. The van der Waals surface area contributed by atoms with E-state index in [1.807, 2.05) is 49.4 Å². The summed E-state index contributed by atoms with van der Waals surface area (Å²) < 4.78 is 19.1. The lowest BCUT2D eigenvalue weighted by molar-refractivity contribution is 0.340. The second-order valence-electron chi connectivity index (χ2n) is 5.02. The van der Waals surface area contributed by atoms with Crippen molar-refractivity contribution in [3.8, 4) is 28.3 Å². The summed E-state index contributed by atoms with van der Waals surface area (Å²) in [5.74, 6) is 0.408. The van der Waals surface area contributed by atoms with Crippen molar-refractivity contribution in [3.05, 3.63) is 71.5 Å². The third kappa shape index (κ3) is 3.69. The van der Waals surface area contributed by atoms with Crippen molar-refractivity contribution in [3.63, 3.8) is 0 Å². The zero-order chi connectivity index (χ0) is 16.2. The molecule has 0 aliphatic rings. The molecule has 3 aromatic rings. The number of rotatable bonds is 4. The Hall–Kier alpha value is -2.39. The molecule has 2 nitrogen and oxygen atoms in total. The maximum atomic E-state index is 13.5. The normalized spacial score (nSPS) is 10.6. The predicted octanol–water partition coefficient (Wildman–Crippen LogP) is 5.61. The van der Waals surface area contributed by atoms with E-state index in [4.69, 9.17) is 16.3 Å². The van der Waals surface area contributed by atoms with E-state index in [1.165, 1.54) is 12.1 Å². The third-order valence-corrected chi connectivity index (χ3v) is 3.62. The highest BCUT2D eigenvalue weighted by Gasteiger charge is 2.08. The Morgan fingerprint density at radius 3 is 2.30 bits per heavy atom. The van der Waals surface area contributed by atoms with Gasteiger partial charge in [0.25, 0.3) is 0 Å². The maximum Gasteiger partial charge on any atom is 0.123 e. The van der Waals surface area contributed by atoms with Gasteiger partial charge in [-0.25, -0.2) is 9.37 Å². The molecule has 0 amide bonds. The molecule has 1 heterocycles. The van der Waals surface area contributed by atoms with Crippen molar-refractivity contribution in [2.75, 3.05) is 6.61 Å². The lowest BCUT2D eigenvalue weighted by Gasteiger charge is -2.10. The van der Waals surface area contributed by atoms with Crippen molar-refractivity contribution < 1.29 is 9.13 Å². The van der Waals surface area contributed by atoms with Crippen LogP contribution in [0.25, 0.3) is 22.5 Å². The first-order valence-corrected chi connectivity index (χ1v) is 7.70. The molecule has 0 N–H and O–H groups in total. The monoisotopic (exact) mass is 327 g/mol. The molecule has 0 atom stereocenters. The summed E-state index contributed by atoms with van der Waals surface area (Å²) in [6, 6.07) is 17.5. The molecule has 3 rings (SSSR count). The second-order valence-corrected chi connectivity index (χ2v) is 5.46. The van der Waals surface area contributed by atoms with Gasteiger partial charge in [-0.15, -0.1) is 0 Å². The molecule has 2 aromatic carbocycles. The number of aromatic nitrogens is 1. The van der Waals surface area contributed by atoms with Gasteiger partial charge in [0.1, 0.15) is 11.6 Å². The minimum absolute atomic E-state index is 0.292. The molecule has 1 aromatic heterocycles. The van der Waals surface area contributed by atoms with Gasteiger partial charge >= 0.3 is 0 Å². The smallest absolute Gasteiger partial charge is 0.123 e. The summed E-state index contributed by atoms with van der Waals surface area (Å²) in [5, 5.41) is 0.667. The number of nitrogens with zero attached hydrogens (tertiary/aromatic N) is 1. The number of pyridine rings is 1. The fourth-order valence-electron chi connectivity index (χ4n) is 2.32. The minimum Gasteiger partial charge on any atom is -0.494 e. The van der Waals surface area contributed by atoms with Crippen LogP contribution in [0, 0.1) is 5.82 Å². The summed E-state index contributed by atoms with van der Waals surface area (Å²) in [6.07, 6.45) is 0. The van der Waals surface area contributed by atoms with Crippen LogP contribution < -0.4 is 4.74 Å². The first kappa shape index (κ1) is 15.5. The molecule has 0 bridgehead atoms. The van der Waals surface area contributed by atoms with E-state index in [2.05, 4.69) is 4.98 Å². The Kier molecular flexibility index (Phi) is 4.58. The zero-order valence-corrected chi connectivity index (χ0v) is 13.3. The van der Waals surface area contributed by atoms with Gasteiger partial charge in [0.2, 0.25) is 0 Å². The lowest BCUT2D eigenvalue weighted by Crippen LogP contribution is -1.95. The van der Waals surface area contributed by atoms with Gasteiger partial charge in [-0.2, -0.15) is 0 Å². The van der Waals surface area contributed by atoms with E-state index < -0.39 is 0 Å². The van der Waals surface area contributed by atoms with Crippen LogP contribution in [0.4, 0.5) is 4.39 Å². The number of hydrogen-bond acceptors (Lipinski definition) is 2. The molecule has 0 saturated carbocycles. The topological polar surface area (TPSA) is 22.1 Å². The Labute approximate surface area is 139 Å². The third-order valence-electron chi connectivity index (χ3n) is 3.37. The van der Waals surface area contributed by atoms with Crippen molar-refractivity contribution in [1.82, 2.24) is 4.98 Å². The highest BCUT2D eigenvalue weighted by atomic mass is 35.5. The lowest BCUT2D eigenvalue weighted by atomic mass is 10.1. The summed E-state index contributed by atoms with van der Waals surface area (Å²) in [6.45, 7) is 2.47. The van der Waals surface area contributed by atoms with Gasteiger partial charge in [-0.3, -0.25) is 0 Å². The van der Waals surface area contributed by atoms with Crippen LogP contribution in [-0.4, -0.2) is 11.6 Å². The summed E-state index contributed by atoms with van der Waals surface area (Å²) >= 11 is 5.94. The molecule has 4 heteroatoms. The van der Waals surface area contributed by atoms with Crippen LogP contribution in [0.15, 0.2) is 60.7 Å². The standard InChI is InChI=1S/C19H15ClFNO/c1-2-23-17-11-18(13-6-8-15(20)9-7-13)22-19(12-17)14-4-3-5-16(21)10-14/h3-12H,2H2,1H3. The van der Waals surface area contributed by atoms with Gasteiger partial charge < -0.3 is 4.74 Å². The van der Waals surface area contributed by atoms with Crippen LogP contribution in [0.3, 0.4) is 0 Å². The fourth-order valence-corrected chi connectivity index (χ4v) is 2.45. The first-order chi connectivity index (χ1) is 11.2. The second kappa shape index (κ2) is 6.80. The molecule has 0 fully saturated rings. The molecule has 0 saturated heterocycles. The molecule has 0 radical (unpaired) electrons. The van der Waals surface area contributed by atoms with Gasteiger partial charge in [0.05, 0.1) is 18.0 Å². The molecule has 116 valence electrons. The van der Waals surface area contributed by atoms with Crippen molar-refractivity contribution in [1.29, 1.82) is 0 Å². The summed E-state index contributed by atoms with van der Waals surface area (Å²) in [4.78, 5) is 4.64. The number of ether oxygens (including phenoxy) is 1. The Balaban J connectivity index is 2.11. The Bertz CT molecular complexity index is 818. The van der Waals surface area contributed by atoms with Crippen molar-refractivity contribution in [2.24, 2.45) is 0 Å². The van der Waals surface area contributed by atoms with E-state index in [-0.39, 0.29) is 5.82 Å². The minimum atomic E-state index is -0.292. The van der Waals surface area contributed by atoms with Crippen LogP contribution >= 0.6 is 11.6 Å². The van der Waals surface area contributed by atoms with Gasteiger partial charge in [0, 0.05) is 28.3 Å². The molecular weight excluding hydrogens is 313 g/mol. The molecular formula is C19H15ClFNO. The summed E-state index contributed by atoms with van der Waals surface area (Å²) in [7, 11) is 0. The van der Waals surface area contributed by atoms with Crippen molar-refractivity contribution in [2.45, 2.75) is 6.92 Å². The van der Waals surface area contributed by atoms with Crippen LogP contribution in [0.2, 0.25) is 5.02 Å². The largest absolute Gasteiger partial charge is 0.494 e. The number of hydrogen-bond donors (Lipinski definition) is 0. The predicted molar refractivity (Wildman–Crippen MR) is 91.2 cm³/mol. The fraction of sp³-hybridized carbons (Fsp3) is 0.105. The average molecular weight is 328 g/mol. The first-order valence-electron chi connectivity index (χ1n) is 7.32. The van der Waals surface area contributed by atoms with Crippen LogP contribution in [0.5, 0.6) is 5.75 Å². The van der Waals surface area contributed by atoms with E-state index in [1.54, 1.807) is 6.07 Å². The molecule has 0 aliphatic heterocycles. The van der Waals surface area contributed by atoms with Gasteiger partial charge in [0.15, 0.2) is 0 Å². The number of benzene rings is 2. The van der Waals surface area contributed by atoms with Gasteiger partial charge in [-0.1, -0.05) is 35.9 Å². The Morgan fingerprint density at radius 1 is 0.957 bits per heavy atom. The van der Waals surface area contributed by atoms with Crippen LogP contribution in [-0.2, 0) is 0 Å². The highest BCUT2D eigenvalue weighted by Crippen LogP contribution is 2.29. The van der Waals surface area contributed by atoms with E-state index in [0.29, 0.717) is 28.6 Å². The zero-order valence-electron chi connectivity index (χ0n) is 12.6. The molecule has 0 spiro atoms. The van der Waals surface area contributed by atoms with E-state index in [0.717, 1.165) is 11.3 Å². The van der Waals surface area contributed by atoms with Crippen LogP contribution in [0.1, 0.15) is 6.92 Å². The quantitative estimate of drug-likeness (QED) is 0.621. The Morgan fingerprint density at radius 2 is 1.65 bits per heavy atom. The average Bonchev–Trinajstić information content (AvgIpc) is 2.55. The molecule has 23 heavy (non-hydrogen) atoms. The summed E-state index contributed by atoms with van der Waals surface area (Å²) in [5.41, 5.74) is 3.06. The van der Waals surface area contributed by atoms with Crippen molar-refractivity contribution >= 4 is 11.6 Å². The van der Waals surface area contributed by atoms with E-state index >= 15 is 0 Å². The maximum absolute atomic E-state index is 13.5. The SMILES string of the molecule is CCOc1cc(-c2ccc(Cl)cc2)nc(-c2cccc(F)c2)c1. The highest BCUT2D eigenvalue weighted by molar-refractivity contribution is 6.30.